The molecule has 1 aliphatic carbocycles. The molecule has 2 aromatic rings. The highest BCUT2D eigenvalue weighted by Crippen LogP contribution is 2.29. The van der Waals surface area contributed by atoms with Crippen LogP contribution in [0.4, 0.5) is 0 Å². The van der Waals surface area contributed by atoms with E-state index in [0.29, 0.717) is 67.3 Å². The van der Waals surface area contributed by atoms with Gasteiger partial charge in [-0.25, -0.2) is 0 Å². The molecule has 2 amide bonds. The zero-order valence-corrected chi connectivity index (χ0v) is 20.7. The molecule has 1 fully saturated rings. The van der Waals surface area contributed by atoms with E-state index in [1.54, 1.807) is 42.5 Å². The van der Waals surface area contributed by atoms with E-state index < -0.39 is 5.97 Å². The average molecular weight is 499 g/mol. The van der Waals surface area contributed by atoms with Gasteiger partial charge < -0.3 is 30.0 Å². The van der Waals surface area contributed by atoms with Crippen LogP contribution in [0.3, 0.4) is 0 Å². The fraction of sp³-hybridized carbons (Fsp3) is 0.444. The molecule has 0 unspecified atom stereocenters. The van der Waals surface area contributed by atoms with E-state index in [0.717, 1.165) is 0 Å². The second-order valence-electron chi connectivity index (χ2n) is 8.49. The van der Waals surface area contributed by atoms with Crippen LogP contribution in [0.25, 0.3) is 0 Å². The molecule has 1 saturated carbocycles. The molecule has 3 N–H and O–H groups in total. The van der Waals surface area contributed by atoms with Crippen molar-refractivity contribution in [1.29, 1.82) is 0 Å². The summed E-state index contributed by atoms with van der Waals surface area (Å²) in [5, 5.41) is 14.7. The van der Waals surface area contributed by atoms with E-state index in [4.69, 9.17) is 19.3 Å². The van der Waals surface area contributed by atoms with Crippen LogP contribution in [0.1, 0.15) is 60.2 Å². The molecule has 9 heteroatoms. The Hall–Kier alpha value is -3.75. The lowest BCUT2D eigenvalue weighted by Crippen LogP contribution is -2.34. The van der Waals surface area contributed by atoms with Crippen molar-refractivity contribution in [2.75, 3.05) is 26.3 Å². The number of rotatable bonds is 12. The number of hydrogen-bond acceptors (Lipinski definition) is 6. The highest BCUT2D eigenvalue weighted by Gasteiger charge is 2.26. The molecule has 0 heterocycles. The lowest BCUT2D eigenvalue weighted by molar-refractivity contribution is -0.143. The number of aliphatic carboxylic acids is 1. The normalized spacial score (nSPS) is 17.1. The quantitative estimate of drug-likeness (QED) is 0.382. The topological polar surface area (TPSA) is 123 Å². The van der Waals surface area contributed by atoms with Gasteiger partial charge in [0.1, 0.15) is 5.75 Å². The Balaban J connectivity index is 1.41. The second-order valence-corrected chi connectivity index (χ2v) is 8.49. The summed E-state index contributed by atoms with van der Waals surface area (Å²) in [5.74, 6) is 0.208. The Labute approximate surface area is 211 Å². The molecule has 2 aromatic carbocycles. The highest BCUT2D eigenvalue weighted by molar-refractivity contribution is 5.95. The summed E-state index contributed by atoms with van der Waals surface area (Å²) in [4.78, 5) is 36.0. The van der Waals surface area contributed by atoms with Gasteiger partial charge in [0.05, 0.1) is 25.2 Å². The van der Waals surface area contributed by atoms with Gasteiger partial charge in [-0.15, -0.1) is 0 Å². The third-order valence-corrected chi connectivity index (χ3v) is 5.94. The van der Waals surface area contributed by atoms with Crippen molar-refractivity contribution < 1.29 is 33.7 Å². The maximum Gasteiger partial charge on any atom is 0.306 e. The zero-order valence-electron chi connectivity index (χ0n) is 20.7. The fourth-order valence-electron chi connectivity index (χ4n) is 4.05. The van der Waals surface area contributed by atoms with Crippen LogP contribution in [-0.2, 0) is 4.79 Å². The number of ether oxygens (including phenoxy) is 3. The number of benzene rings is 2. The predicted molar refractivity (Wildman–Crippen MR) is 134 cm³/mol. The van der Waals surface area contributed by atoms with Gasteiger partial charge in [-0.3, -0.25) is 14.4 Å². The van der Waals surface area contributed by atoms with E-state index in [9.17, 15) is 14.4 Å². The van der Waals surface area contributed by atoms with Crippen molar-refractivity contribution in [3.05, 3.63) is 53.6 Å². The summed E-state index contributed by atoms with van der Waals surface area (Å²) < 4.78 is 17.0. The first-order chi connectivity index (χ1) is 17.4. The van der Waals surface area contributed by atoms with Crippen molar-refractivity contribution >= 4 is 17.8 Å². The lowest BCUT2D eigenvalue weighted by Gasteiger charge is -2.26. The predicted octanol–water partition coefficient (Wildman–Crippen LogP) is 3.67. The number of hydrogen-bond donors (Lipinski definition) is 3. The molecular weight excluding hydrogens is 464 g/mol. The van der Waals surface area contributed by atoms with E-state index in [1.165, 1.54) is 0 Å². The summed E-state index contributed by atoms with van der Waals surface area (Å²) in [6.45, 7) is 5.23. The maximum absolute atomic E-state index is 12.5. The maximum atomic E-state index is 12.5. The van der Waals surface area contributed by atoms with Gasteiger partial charge in [0, 0.05) is 24.2 Å². The molecule has 9 nitrogen and oxygen atoms in total. The molecule has 0 radical (unpaired) electrons. The molecule has 0 aliphatic heterocycles. The minimum Gasteiger partial charge on any atom is -0.490 e. The van der Waals surface area contributed by atoms with Crippen LogP contribution in [0, 0.1) is 5.92 Å². The Kier molecular flexibility index (Phi) is 9.97. The first-order valence-electron chi connectivity index (χ1n) is 12.4. The van der Waals surface area contributed by atoms with Crippen molar-refractivity contribution in [3.8, 4) is 17.2 Å². The third kappa shape index (κ3) is 7.63. The summed E-state index contributed by atoms with van der Waals surface area (Å²) >= 11 is 0. The van der Waals surface area contributed by atoms with E-state index in [2.05, 4.69) is 10.6 Å². The summed E-state index contributed by atoms with van der Waals surface area (Å²) in [6.07, 6.45) is 2.62. The second kappa shape index (κ2) is 13.4. The van der Waals surface area contributed by atoms with Gasteiger partial charge in [-0.2, -0.15) is 0 Å². The first kappa shape index (κ1) is 26.8. The van der Waals surface area contributed by atoms with Crippen LogP contribution in [-0.4, -0.2) is 55.3 Å². The van der Waals surface area contributed by atoms with Gasteiger partial charge in [0.25, 0.3) is 11.8 Å². The van der Waals surface area contributed by atoms with Crippen LogP contribution < -0.4 is 24.8 Å². The molecular formula is C27H34N2O7. The van der Waals surface area contributed by atoms with Crippen molar-refractivity contribution in [2.24, 2.45) is 5.92 Å². The van der Waals surface area contributed by atoms with Gasteiger partial charge in [0.2, 0.25) is 0 Å². The van der Waals surface area contributed by atoms with Crippen LogP contribution in [0.15, 0.2) is 42.5 Å². The smallest absolute Gasteiger partial charge is 0.306 e. The van der Waals surface area contributed by atoms with E-state index in [1.807, 2.05) is 13.8 Å². The largest absolute Gasteiger partial charge is 0.490 e. The van der Waals surface area contributed by atoms with Crippen molar-refractivity contribution in [1.82, 2.24) is 10.6 Å². The summed E-state index contributed by atoms with van der Waals surface area (Å²) in [6, 6.07) is 11.9. The van der Waals surface area contributed by atoms with Gasteiger partial charge in [-0.1, -0.05) is 0 Å². The fourth-order valence-corrected chi connectivity index (χ4v) is 4.05. The van der Waals surface area contributed by atoms with E-state index >= 15 is 0 Å². The molecule has 194 valence electrons. The summed E-state index contributed by atoms with van der Waals surface area (Å²) in [7, 11) is 0. The molecule has 0 bridgehead atoms. The molecule has 3 rings (SSSR count). The number of carbonyl (C=O) groups is 3. The number of nitrogens with one attached hydrogen (secondary N) is 2. The molecule has 0 atom stereocenters. The molecule has 0 aromatic heterocycles. The number of amides is 2. The zero-order chi connectivity index (χ0) is 25.9. The number of carbonyl (C=O) groups excluding carboxylic acids is 2. The summed E-state index contributed by atoms with van der Waals surface area (Å²) in [5.41, 5.74) is 0.927. The minimum absolute atomic E-state index is 0.0103. The lowest BCUT2D eigenvalue weighted by atomic mass is 9.87. The minimum atomic E-state index is -0.740. The SMILES string of the molecule is CCOc1ccc(C(=O)NCCNC(=O)c2ccc(OC3CCC(C(=O)O)CC3)cc2)cc1OCC. The standard InChI is InChI=1S/C27H34N2O7/c1-3-34-23-14-9-20(17-24(23)35-4-2)26(31)29-16-15-28-25(30)18-5-10-21(11-6-18)36-22-12-7-19(8-13-22)27(32)33/h5-6,9-11,14,17,19,22H,3-4,7-8,12-13,15-16H2,1-2H3,(H,28,30)(H,29,31)(H,32,33). The Morgan fingerprint density at radius 3 is 1.94 bits per heavy atom. The third-order valence-electron chi connectivity index (χ3n) is 5.94. The van der Waals surface area contributed by atoms with Crippen LogP contribution in [0.2, 0.25) is 0 Å². The highest BCUT2D eigenvalue weighted by atomic mass is 16.5. The molecule has 36 heavy (non-hydrogen) atoms. The number of carboxylic acid groups (broad SMARTS) is 1. The van der Waals surface area contributed by atoms with Crippen molar-refractivity contribution in [2.45, 2.75) is 45.6 Å². The average Bonchev–Trinajstić information content (AvgIpc) is 2.88. The Bertz CT molecular complexity index is 1030. The molecule has 0 spiro atoms. The Morgan fingerprint density at radius 2 is 1.36 bits per heavy atom. The molecule has 1 aliphatic rings. The van der Waals surface area contributed by atoms with Crippen molar-refractivity contribution in [3.63, 3.8) is 0 Å². The van der Waals surface area contributed by atoms with Gasteiger partial charge >= 0.3 is 5.97 Å². The van der Waals surface area contributed by atoms with E-state index in [-0.39, 0.29) is 36.9 Å². The van der Waals surface area contributed by atoms with Gasteiger partial charge in [0.15, 0.2) is 11.5 Å². The molecule has 0 saturated heterocycles. The van der Waals surface area contributed by atoms with Gasteiger partial charge in [-0.05, 0) is 82.0 Å². The van der Waals surface area contributed by atoms with Crippen LogP contribution in [0.5, 0.6) is 17.2 Å². The monoisotopic (exact) mass is 498 g/mol. The first-order valence-corrected chi connectivity index (χ1v) is 12.4. The number of carboxylic acids is 1. The Morgan fingerprint density at radius 1 is 0.806 bits per heavy atom. The van der Waals surface area contributed by atoms with Crippen LogP contribution >= 0.6 is 0 Å².